The summed E-state index contributed by atoms with van der Waals surface area (Å²) in [6, 6.07) is 0.948. The highest BCUT2D eigenvalue weighted by Crippen LogP contribution is 2.26. The number of amides is 1. The Bertz CT molecular complexity index is 538. The van der Waals surface area contributed by atoms with Crippen LogP contribution < -0.4 is 10.5 Å². The zero-order chi connectivity index (χ0) is 13.2. The van der Waals surface area contributed by atoms with Crippen LogP contribution in [0.4, 0.5) is 8.78 Å². The van der Waals surface area contributed by atoms with E-state index in [1.807, 2.05) is 0 Å². The Morgan fingerprint density at radius 2 is 1.82 bits per heavy atom. The van der Waals surface area contributed by atoms with Crippen molar-refractivity contribution in [3.63, 3.8) is 0 Å². The number of carbonyl (C=O) groups excluding carboxylic acids is 1. The minimum absolute atomic E-state index is 0.474. The van der Waals surface area contributed by atoms with Crippen molar-refractivity contribution in [2.24, 2.45) is 5.73 Å². The molecule has 1 aromatic rings. The van der Waals surface area contributed by atoms with Gasteiger partial charge in [-0.1, -0.05) is 0 Å². The summed E-state index contributed by atoms with van der Waals surface area (Å²) < 4.78 is 52.6. The van der Waals surface area contributed by atoms with Crippen LogP contribution in [-0.2, 0) is 13.8 Å². The van der Waals surface area contributed by atoms with Gasteiger partial charge in [-0.3, -0.25) is 4.79 Å². The largest absolute Gasteiger partial charge is 0.478 e. The van der Waals surface area contributed by atoms with E-state index in [4.69, 9.17) is 16.4 Å². The molecule has 1 amide bonds. The van der Waals surface area contributed by atoms with E-state index in [-0.39, 0.29) is 0 Å². The summed E-state index contributed by atoms with van der Waals surface area (Å²) >= 11 is 0. The molecular formula is C8H6ClF2NO4S. The Kier molecular flexibility index (Phi) is 3.89. The van der Waals surface area contributed by atoms with Crippen LogP contribution in [0.15, 0.2) is 17.0 Å². The fourth-order valence-electron chi connectivity index (χ4n) is 0.959. The number of halogens is 3. The maximum atomic E-state index is 13.3. The highest BCUT2D eigenvalue weighted by molar-refractivity contribution is 8.13. The fourth-order valence-corrected chi connectivity index (χ4v) is 1.71. The first kappa shape index (κ1) is 13.7. The van der Waals surface area contributed by atoms with Gasteiger partial charge in [0.15, 0.2) is 24.0 Å². The Morgan fingerprint density at radius 3 is 2.18 bits per heavy atom. The molecule has 0 saturated carbocycles. The van der Waals surface area contributed by atoms with Crippen LogP contribution in [0.5, 0.6) is 5.75 Å². The summed E-state index contributed by atoms with van der Waals surface area (Å²) in [5.41, 5.74) is 4.71. The van der Waals surface area contributed by atoms with Gasteiger partial charge in [-0.25, -0.2) is 17.2 Å². The maximum Gasteiger partial charge on any atom is 0.261 e. The third-order valence-corrected chi connectivity index (χ3v) is 2.95. The number of carbonyl (C=O) groups is 1. The van der Waals surface area contributed by atoms with Gasteiger partial charge >= 0.3 is 0 Å². The molecule has 0 radical (unpaired) electrons. The first-order valence-electron chi connectivity index (χ1n) is 4.06. The summed E-state index contributed by atoms with van der Waals surface area (Å²) in [5, 5.41) is 0. The number of rotatable bonds is 4. The van der Waals surface area contributed by atoms with Gasteiger partial charge in [-0.05, 0) is 12.1 Å². The first-order chi connectivity index (χ1) is 7.71. The van der Waals surface area contributed by atoms with Gasteiger partial charge in [0.25, 0.3) is 15.0 Å². The van der Waals surface area contributed by atoms with Crippen molar-refractivity contribution in [1.82, 2.24) is 0 Å². The molecule has 0 saturated heterocycles. The predicted octanol–water partition coefficient (Wildman–Crippen LogP) is 0.756. The van der Waals surface area contributed by atoms with Gasteiger partial charge in [-0.15, -0.1) is 0 Å². The molecule has 0 unspecified atom stereocenters. The standard InChI is InChI=1S/C8H6ClF2NO4S/c9-17(14,15)4-1-5(10)8(6(11)2-4)16-3-7(12)13/h1-2H,3H2,(H2,12,13). The van der Waals surface area contributed by atoms with Crippen LogP contribution in [0.3, 0.4) is 0 Å². The maximum absolute atomic E-state index is 13.3. The van der Waals surface area contributed by atoms with Crippen LogP contribution in [0.2, 0.25) is 0 Å². The number of benzene rings is 1. The number of ether oxygens (including phenoxy) is 1. The highest BCUT2D eigenvalue weighted by Gasteiger charge is 2.19. The Hall–Kier alpha value is -1.41. The fraction of sp³-hybridized carbons (Fsp3) is 0.125. The molecule has 5 nitrogen and oxygen atoms in total. The zero-order valence-electron chi connectivity index (χ0n) is 8.11. The van der Waals surface area contributed by atoms with E-state index in [9.17, 15) is 22.0 Å². The molecule has 1 rings (SSSR count). The first-order valence-corrected chi connectivity index (χ1v) is 6.37. The molecular weight excluding hydrogens is 280 g/mol. The third kappa shape index (κ3) is 3.53. The van der Waals surface area contributed by atoms with Gasteiger partial charge in [0.05, 0.1) is 4.90 Å². The Balaban J connectivity index is 3.15. The molecule has 0 atom stereocenters. The molecule has 0 heterocycles. The zero-order valence-corrected chi connectivity index (χ0v) is 9.69. The number of hydrogen-bond donors (Lipinski definition) is 1. The molecule has 0 aliphatic carbocycles. The van der Waals surface area contributed by atoms with Crippen molar-refractivity contribution >= 4 is 25.6 Å². The van der Waals surface area contributed by atoms with E-state index < -0.39 is 43.8 Å². The van der Waals surface area contributed by atoms with Gasteiger partial charge in [0.1, 0.15) is 0 Å². The molecule has 0 aromatic heterocycles. The molecule has 9 heteroatoms. The second-order valence-corrected chi connectivity index (χ2v) is 5.47. The lowest BCUT2D eigenvalue weighted by molar-refractivity contribution is -0.120. The van der Waals surface area contributed by atoms with Crippen LogP contribution in [0.25, 0.3) is 0 Å². The third-order valence-electron chi connectivity index (χ3n) is 1.61. The highest BCUT2D eigenvalue weighted by atomic mass is 35.7. The summed E-state index contributed by atoms with van der Waals surface area (Å²) in [6.45, 7) is -0.735. The van der Waals surface area contributed by atoms with Gasteiger partial charge in [-0.2, -0.15) is 0 Å². The summed E-state index contributed by atoms with van der Waals surface area (Å²) in [5.74, 6) is -4.43. The van der Waals surface area contributed by atoms with Crippen molar-refractivity contribution in [1.29, 1.82) is 0 Å². The molecule has 0 bridgehead atoms. The lowest BCUT2D eigenvalue weighted by Crippen LogP contribution is -2.20. The monoisotopic (exact) mass is 285 g/mol. The SMILES string of the molecule is NC(=O)COc1c(F)cc(S(=O)(=O)Cl)cc1F. The van der Waals surface area contributed by atoms with Gasteiger partial charge in [0, 0.05) is 10.7 Å². The minimum Gasteiger partial charge on any atom is -0.478 e. The lowest BCUT2D eigenvalue weighted by atomic mass is 10.3. The van der Waals surface area contributed by atoms with Crippen LogP contribution in [-0.4, -0.2) is 20.9 Å². The number of nitrogens with two attached hydrogens (primary N) is 1. The molecule has 0 fully saturated rings. The molecule has 0 spiro atoms. The second kappa shape index (κ2) is 4.84. The molecule has 2 N–H and O–H groups in total. The molecule has 0 aliphatic heterocycles. The lowest BCUT2D eigenvalue weighted by Gasteiger charge is -2.07. The Labute approximate surface area is 99.5 Å². The van der Waals surface area contributed by atoms with E-state index in [1.54, 1.807) is 0 Å². The minimum atomic E-state index is -4.25. The van der Waals surface area contributed by atoms with Crippen LogP contribution >= 0.6 is 10.7 Å². The smallest absolute Gasteiger partial charge is 0.261 e. The Morgan fingerprint density at radius 1 is 1.35 bits per heavy atom. The quantitative estimate of drug-likeness (QED) is 0.827. The van der Waals surface area contributed by atoms with Gasteiger partial charge < -0.3 is 10.5 Å². The van der Waals surface area contributed by atoms with E-state index >= 15 is 0 Å². The average Bonchev–Trinajstić information content (AvgIpc) is 2.14. The summed E-state index contributed by atoms with van der Waals surface area (Å²) in [4.78, 5) is 9.61. The van der Waals surface area contributed by atoms with Crippen molar-refractivity contribution in [3.05, 3.63) is 23.8 Å². The average molecular weight is 286 g/mol. The molecule has 0 aliphatic rings. The van der Waals surface area contributed by atoms with Crippen molar-refractivity contribution in [2.45, 2.75) is 4.90 Å². The van der Waals surface area contributed by atoms with E-state index in [1.165, 1.54) is 0 Å². The van der Waals surface area contributed by atoms with E-state index in [0.29, 0.717) is 12.1 Å². The van der Waals surface area contributed by atoms with Crippen LogP contribution in [0, 0.1) is 11.6 Å². The normalized spacial score (nSPS) is 11.2. The van der Waals surface area contributed by atoms with Crippen LogP contribution in [0.1, 0.15) is 0 Å². The molecule has 94 valence electrons. The topological polar surface area (TPSA) is 86.5 Å². The summed E-state index contributed by atoms with van der Waals surface area (Å²) in [6.07, 6.45) is 0. The van der Waals surface area contributed by atoms with Gasteiger partial charge in [0.2, 0.25) is 0 Å². The van der Waals surface area contributed by atoms with E-state index in [0.717, 1.165) is 0 Å². The van der Waals surface area contributed by atoms with Crippen molar-refractivity contribution < 1.29 is 26.7 Å². The molecule has 17 heavy (non-hydrogen) atoms. The molecule has 1 aromatic carbocycles. The number of hydrogen-bond acceptors (Lipinski definition) is 4. The van der Waals surface area contributed by atoms with Crippen molar-refractivity contribution in [3.8, 4) is 5.75 Å². The summed E-state index contributed by atoms with van der Waals surface area (Å²) in [7, 11) is 0.655. The number of primary amides is 1. The van der Waals surface area contributed by atoms with Crippen molar-refractivity contribution in [2.75, 3.05) is 6.61 Å². The second-order valence-electron chi connectivity index (χ2n) is 2.91. The van der Waals surface area contributed by atoms with E-state index in [2.05, 4.69) is 4.74 Å². The predicted molar refractivity (Wildman–Crippen MR) is 54.1 cm³/mol.